The van der Waals surface area contributed by atoms with Crippen LogP contribution in [0.4, 0.5) is 5.69 Å². The van der Waals surface area contributed by atoms with Crippen LogP contribution in [0.1, 0.15) is 31.1 Å². The van der Waals surface area contributed by atoms with E-state index >= 15 is 0 Å². The quantitative estimate of drug-likeness (QED) is 0.692. The van der Waals surface area contributed by atoms with Crippen molar-refractivity contribution < 1.29 is 9.53 Å². The highest BCUT2D eigenvalue weighted by atomic mass is 32.1. The summed E-state index contributed by atoms with van der Waals surface area (Å²) < 4.78 is 5.15. The molecule has 3 heterocycles. The van der Waals surface area contributed by atoms with Crippen LogP contribution in [0.3, 0.4) is 0 Å². The fourth-order valence-corrected chi connectivity index (χ4v) is 3.97. The highest BCUT2D eigenvalue weighted by molar-refractivity contribution is 7.25. The molecule has 0 radical (unpaired) electrons. The van der Waals surface area contributed by atoms with Crippen molar-refractivity contribution in [1.29, 1.82) is 0 Å². The van der Waals surface area contributed by atoms with Gasteiger partial charge in [0.2, 0.25) is 0 Å². The molecule has 0 saturated carbocycles. The third-order valence-corrected chi connectivity index (χ3v) is 5.18. The maximum atomic E-state index is 12.2. The first kappa shape index (κ1) is 15.9. The first-order valence-corrected chi connectivity index (χ1v) is 9.04. The number of hydrogen-bond donors (Lipinski definition) is 1. The molecule has 0 aliphatic heterocycles. The molecule has 0 spiro atoms. The lowest BCUT2D eigenvalue weighted by molar-refractivity contribution is 0.0527. The number of pyridine rings is 1. The molecule has 0 aliphatic carbocycles. The minimum atomic E-state index is -0.351. The summed E-state index contributed by atoms with van der Waals surface area (Å²) in [6.07, 6.45) is 3.44. The molecular formula is C16H17N3O2S2. The number of thiophene rings is 1. The van der Waals surface area contributed by atoms with Crippen molar-refractivity contribution in [2.45, 2.75) is 26.8 Å². The van der Waals surface area contributed by atoms with E-state index in [4.69, 9.17) is 4.74 Å². The zero-order chi connectivity index (χ0) is 16.4. The van der Waals surface area contributed by atoms with Crippen LogP contribution >= 0.6 is 22.7 Å². The second-order valence-corrected chi connectivity index (χ2v) is 7.18. The first-order valence-electron chi connectivity index (χ1n) is 7.35. The van der Waals surface area contributed by atoms with Crippen LogP contribution < -0.4 is 5.32 Å². The van der Waals surface area contributed by atoms with Gasteiger partial charge < -0.3 is 10.1 Å². The number of carbonyl (C=O) groups is 1. The molecule has 3 aromatic heterocycles. The van der Waals surface area contributed by atoms with Gasteiger partial charge >= 0.3 is 5.97 Å². The molecule has 120 valence electrons. The Bertz CT molecular complexity index is 825. The van der Waals surface area contributed by atoms with Gasteiger partial charge in [-0.1, -0.05) is 0 Å². The Morgan fingerprint density at radius 3 is 2.83 bits per heavy atom. The second kappa shape index (κ2) is 6.64. The third-order valence-electron chi connectivity index (χ3n) is 3.17. The van der Waals surface area contributed by atoms with E-state index in [0.717, 1.165) is 25.7 Å². The molecule has 1 N–H and O–H groups in total. The van der Waals surface area contributed by atoms with Gasteiger partial charge in [0.25, 0.3) is 0 Å². The van der Waals surface area contributed by atoms with E-state index < -0.39 is 0 Å². The van der Waals surface area contributed by atoms with Gasteiger partial charge in [0, 0.05) is 28.7 Å². The van der Waals surface area contributed by atoms with Crippen molar-refractivity contribution in [1.82, 2.24) is 9.97 Å². The maximum Gasteiger partial charge on any atom is 0.341 e. The highest BCUT2D eigenvalue weighted by Crippen LogP contribution is 2.38. The molecule has 7 heteroatoms. The summed E-state index contributed by atoms with van der Waals surface area (Å²) in [5.74, 6) is -0.351. The molecule has 0 unspecified atom stereocenters. The molecule has 0 aliphatic rings. The topological polar surface area (TPSA) is 64.1 Å². The van der Waals surface area contributed by atoms with Crippen LogP contribution in [-0.2, 0) is 4.74 Å². The van der Waals surface area contributed by atoms with Crippen LogP contribution in [0.15, 0.2) is 24.0 Å². The lowest BCUT2D eigenvalue weighted by Gasteiger charge is -2.14. The lowest BCUT2D eigenvalue weighted by Crippen LogP contribution is -2.15. The Morgan fingerprint density at radius 2 is 2.17 bits per heavy atom. The van der Waals surface area contributed by atoms with Gasteiger partial charge in [-0.15, -0.1) is 22.7 Å². The van der Waals surface area contributed by atoms with Gasteiger partial charge in [0.1, 0.15) is 10.4 Å². The average molecular weight is 347 g/mol. The van der Waals surface area contributed by atoms with Crippen LogP contribution in [0.2, 0.25) is 0 Å². The summed E-state index contributed by atoms with van der Waals surface area (Å²) in [7, 11) is 0. The summed E-state index contributed by atoms with van der Waals surface area (Å²) in [4.78, 5) is 23.9. The largest absolute Gasteiger partial charge is 0.462 e. The maximum absolute atomic E-state index is 12.2. The highest BCUT2D eigenvalue weighted by Gasteiger charge is 2.19. The first-order chi connectivity index (χ1) is 11.1. The number of esters is 1. The summed E-state index contributed by atoms with van der Waals surface area (Å²) in [6, 6.07) is 2.26. The molecule has 0 aromatic carbocycles. The van der Waals surface area contributed by atoms with Crippen molar-refractivity contribution in [3.8, 4) is 9.75 Å². The number of anilines is 1. The Morgan fingerprint density at radius 1 is 1.35 bits per heavy atom. The van der Waals surface area contributed by atoms with Crippen molar-refractivity contribution in [3.05, 3.63) is 29.5 Å². The van der Waals surface area contributed by atoms with E-state index in [0.29, 0.717) is 12.2 Å². The SMILES string of the molecule is CCOC(=O)c1cnc2sc(-c3cncs3)cc2c1NC(C)C. The number of hydrogen-bond acceptors (Lipinski definition) is 7. The molecule has 23 heavy (non-hydrogen) atoms. The van der Waals surface area contributed by atoms with E-state index in [9.17, 15) is 4.79 Å². The van der Waals surface area contributed by atoms with E-state index in [1.165, 1.54) is 0 Å². The Kier molecular flexibility index (Phi) is 4.58. The van der Waals surface area contributed by atoms with Crippen molar-refractivity contribution in [3.63, 3.8) is 0 Å². The number of nitrogens with one attached hydrogen (secondary N) is 1. The minimum absolute atomic E-state index is 0.195. The van der Waals surface area contributed by atoms with Gasteiger partial charge in [-0.05, 0) is 26.8 Å². The van der Waals surface area contributed by atoms with E-state index in [2.05, 4.69) is 21.4 Å². The van der Waals surface area contributed by atoms with Gasteiger partial charge in [0.05, 0.1) is 22.7 Å². The monoisotopic (exact) mass is 347 g/mol. The summed E-state index contributed by atoms with van der Waals surface area (Å²) in [5.41, 5.74) is 3.07. The summed E-state index contributed by atoms with van der Waals surface area (Å²) in [5, 5.41) is 4.31. The van der Waals surface area contributed by atoms with Gasteiger partial charge in [-0.25, -0.2) is 9.78 Å². The number of aromatic nitrogens is 2. The molecule has 0 saturated heterocycles. The predicted octanol–water partition coefficient (Wildman–Crippen LogP) is 4.42. The molecule has 0 atom stereocenters. The predicted molar refractivity (Wildman–Crippen MR) is 95.4 cm³/mol. The van der Waals surface area contributed by atoms with Gasteiger partial charge in [-0.2, -0.15) is 0 Å². The number of ether oxygens (including phenoxy) is 1. The van der Waals surface area contributed by atoms with Crippen molar-refractivity contribution in [2.75, 3.05) is 11.9 Å². The smallest absolute Gasteiger partial charge is 0.341 e. The second-order valence-electron chi connectivity index (χ2n) is 5.26. The standard InChI is InChI=1S/C16H17N3O2S2/c1-4-21-16(20)11-6-18-15-10(14(11)19-9(2)3)5-12(23-15)13-7-17-8-22-13/h5-9H,4H2,1-3H3,(H,18,19). The lowest BCUT2D eigenvalue weighted by atomic mass is 10.1. The van der Waals surface area contributed by atoms with Gasteiger partial charge in [-0.3, -0.25) is 4.98 Å². The molecule has 0 bridgehead atoms. The van der Waals surface area contributed by atoms with E-state index in [1.54, 1.807) is 35.8 Å². The molecule has 3 aromatic rings. The fourth-order valence-electron chi connectivity index (χ4n) is 2.26. The Labute approximate surface area is 142 Å². The third kappa shape index (κ3) is 3.20. The minimum Gasteiger partial charge on any atom is -0.462 e. The van der Waals surface area contributed by atoms with Crippen molar-refractivity contribution >= 4 is 44.5 Å². The average Bonchev–Trinajstić information content (AvgIpc) is 3.16. The molecule has 3 rings (SSSR count). The Balaban J connectivity index is 2.15. The summed E-state index contributed by atoms with van der Waals surface area (Å²) in [6.45, 7) is 6.22. The van der Waals surface area contributed by atoms with E-state index in [1.807, 2.05) is 25.6 Å². The summed E-state index contributed by atoms with van der Waals surface area (Å²) >= 11 is 3.19. The zero-order valence-electron chi connectivity index (χ0n) is 13.1. The van der Waals surface area contributed by atoms with Crippen LogP contribution in [-0.4, -0.2) is 28.6 Å². The van der Waals surface area contributed by atoms with Crippen LogP contribution in [0.25, 0.3) is 20.0 Å². The number of nitrogens with zero attached hydrogens (tertiary/aromatic N) is 2. The number of rotatable bonds is 5. The Hall–Kier alpha value is -1.99. The van der Waals surface area contributed by atoms with Crippen molar-refractivity contribution in [2.24, 2.45) is 0 Å². The fraction of sp³-hybridized carbons (Fsp3) is 0.312. The molecule has 5 nitrogen and oxygen atoms in total. The zero-order valence-corrected chi connectivity index (χ0v) is 14.8. The number of fused-ring (bicyclic) bond motifs is 1. The number of thiazole rings is 1. The van der Waals surface area contributed by atoms with Gasteiger partial charge in [0.15, 0.2) is 0 Å². The molecular weight excluding hydrogens is 330 g/mol. The normalized spacial score (nSPS) is 11.1. The number of carbonyl (C=O) groups excluding carboxylic acids is 1. The van der Waals surface area contributed by atoms with Crippen LogP contribution in [0, 0.1) is 0 Å². The molecule has 0 amide bonds. The molecule has 0 fully saturated rings. The van der Waals surface area contributed by atoms with Crippen LogP contribution in [0.5, 0.6) is 0 Å². The van der Waals surface area contributed by atoms with E-state index in [-0.39, 0.29) is 12.0 Å².